The molecule has 7 aliphatic rings. The van der Waals surface area contributed by atoms with Crippen LogP contribution in [0.5, 0.6) is 5.75 Å². The van der Waals surface area contributed by atoms with Crippen molar-refractivity contribution in [3.05, 3.63) is 124 Å². The number of aromatic amines is 1. The number of urea groups is 1. The van der Waals surface area contributed by atoms with Gasteiger partial charge < -0.3 is 54.4 Å². The van der Waals surface area contributed by atoms with Gasteiger partial charge in [-0.3, -0.25) is 19.3 Å². The van der Waals surface area contributed by atoms with E-state index in [-0.39, 0.29) is 30.0 Å². The number of rotatable bonds is 10. The highest BCUT2D eigenvalue weighted by Gasteiger charge is 2.80. The van der Waals surface area contributed by atoms with Crippen LogP contribution >= 0.6 is 0 Å². The third-order valence-corrected chi connectivity index (χ3v) is 19.4. The zero-order chi connectivity index (χ0) is 56.3. The summed E-state index contributed by atoms with van der Waals surface area (Å²) in [5.41, 5.74) is -0.365. The van der Waals surface area contributed by atoms with E-state index in [1.54, 1.807) is 18.1 Å². The molecule has 5 aromatic rings. The van der Waals surface area contributed by atoms with Gasteiger partial charge in [-0.25, -0.2) is 23.9 Å². The molecule has 3 amide bonds. The van der Waals surface area contributed by atoms with E-state index in [1.807, 2.05) is 61.4 Å². The third kappa shape index (κ3) is 7.71. The number of halogens is 1. The van der Waals surface area contributed by atoms with Crippen LogP contribution in [-0.2, 0) is 58.9 Å². The van der Waals surface area contributed by atoms with Crippen molar-refractivity contribution < 1.29 is 52.4 Å². The summed E-state index contributed by atoms with van der Waals surface area (Å²) in [4.78, 5) is 91.5. The maximum Gasteiger partial charge on any atom is 0.344 e. The number of methoxy groups -OCH3 is 3. The van der Waals surface area contributed by atoms with Crippen molar-refractivity contribution in [2.24, 2.45) is 11.3 Å². The Bertz CT molecular complexity index is 3410. The minimum absolute atomic E-state index is 0.175. The number of esters is 3. The number of aromatic nitrogens is 3. The lowest BCUT2D eigenvalue weighted by atomic mass is 9.47. The number of anilines is 2. The van der Waals surface area contributed by atoms with Crippen LogP contribution in [0.2, 0.25) is 0 Å². The summed E-state index contributed by atoms with van der Waals surface area (Å²) in [6, 6.07) is 14.0. The minimum atomic E-state index is -2.39. The fourth-order valence-corrected chi connectivity index (χ4v) is 16.3. The van der Waals surface area contributed by atoms with E-state index in [9.17, 15) is 24.3 Å². The molecule has 3 fully saturated rings. The largest absolute Gasteiger partial charge is 0.496 e. The molecular formula is C60H68FN9O10. The van der Waals surface area contributed by atoms with Gasteiger partial charge in [-0.15, -0.1) is 0 Å². The van der Waals surface area contributed by atoms with E-state index < -0.39 is 69.3 Å². The number of hydrogen-bond donors (Lipinski definition) is 4. The van der Waals surface area contributed by atoms with Gasteiger partial charge in [0.05, 0.1) is 32.9 Å². The Hall–Kier alpha value is -7.42. The van der Waals surface area contributed by atoms with Gasteiger partial charge in [0.2, 0.25) is 5.60 Å². The molecule has 2 aromatic heterocycles. The molecule has 12 rings (SSSR count). The SMILES string of the molecule is CC[C@]1(NC(=O)N2Cc3ccc(NC(=O)c4ccncn4)cc3C2)C[C@H]2CN(CCc3c([nH]c4ccc(F)cc34)[C@@](C(=O)OC)(c3cc4c(cc3OC)N(C)[C@H]3[C@@](O)(C(=O)OC)[C@H](OC(C)=O)[C@]5(CC)C=CCN6CC[C@]43[C@@H]65)C2)C1. The van der Waals surface area contributed by atoms with E-state index in [2.05, 4.69) is 42.3 Å². The fourth-order valence-electron chi connectivity index (χ4n) is 16.3. The first-order chi connectivity index (χ1) is 38.4. The summed E-state index contributed by atoms with van der Waals surface area (Å²) in [6.07, 6.45) is 8.04. The van der Waals surface area contributed by atoms with E-state index in [0.717, 1.165) is 22.3 Å². The first-order valence-corrected chi connectivity index (χ1v) is 27.7. The van der Waals surface area contributed by atoms with Crippen LogP contribution in [0, 0.1) is 17.2 Å². The number of fused-ring (bicyclic) bond motifs is 7. The van der Waals surface area contributed by atoms with Crippen molar-refractivity contribution in [1.82, 2.24) is 35.0 Å². The molecule has 10 atom stereocenters. The number of H-pyrrole nitrogens is 1. The molecule has 19 nitrogen and oxygen atoms in total. The number of benzene rings is 3. The lowest BCUT2D eigenvalue weighted by Crippen LogP contribution is -2.81. The van der Waals surface area contributed by atoms with E-state index in [1.165, 1.54) is 51.9 Å². The van der Waals surface area contributed by atoms with Crippen LogP contribution < -0.4 is 20.3 Å². The van der Waals surface area contributed by atoms with E-state index in [4.69, 9.17) is 18.9 Å². The summed E-state index contributed by atoms with van der Waals surface area (Å²) in [5, 5.41) is 20.6. The summed E-state index contributed by atoms with van der Waals surface area (Å²) >= 11 is 0. The van der Waals surface area contributed by atoms with Gasteiger partial charge >= 0.3 is 23.9 Å². The van der Waals surface area contributed by atoms with Gasteiger partial charge in [0.25, 0.3) is 5.91 Å². The van der Waals surface area contributed by atoms with Crippen LogP contribution in [0.3, 0.4) is 0 Å². The fraction of sp³-hybridized carbons (Fsp3) is 0.483. The molecule has 2 saturated heterocycles. The quantitative estimate of drug-likeness (QED) is 0.0726. The molecule has 0 radical (unpaired) electrons. The van der Waals surface area contributed by atoms with Crippen LogP contribution in [0.1, 0.15) is 96.9 Å². The number of carbonyl (C=O) groups is 5. The summed E-state index contributed by atoms with van der Waals surface area (Å²) in [7, 11) is 5.98. The number of nitrogens with zero attached hydrogens (tertiary/aromatic N) is 6. The van der Waals surface area contributed by atoms with Gasteiger partial charge in [-0.1, -0.05) is 32.1 Å². The number of aliphatic hydroxyl groups is 1. The van der Waals surface area contributed by atoms with Crippen molar-refractivity contribution in [2.45, 2.75) is 113 Å². The Balaban J connectivity index is 0.975. The van der Waals surface area contributed by atoms with Gasteiger partial charge in [0, 0.05) is 116 Å². The van der Waals surface area contributed by atoms with Crippen molar-refractivity contribution >= 4 is 52.1 Å². The highest BCUT2D eigenvalue weighted by molar-refractivity contribution is 6.03. The summed E-state index contributed by atoms with van der Waals surface area (Å²) in [6.45, 7) is 8.80. The molecule has 1 unspecified atom stereocenters. The highest BCUT2D eigenvalue weighted by atomic mass is 19.1. The first kappa shape index (κ1) is 53.2. The van der Waals surface area contributed by atoms with Crippen LogP contribution in [0.4, 0.5) is 20.6 Å². The standard InChI is InChI=1S/C60H68FN9O10/c1-8-56(66-55(75)70-30-36-11-13-39(23-37(36)31-70)64-49(72)45-15-19-62-33-63-45)27-35-28-59(53(73)78-6,48-40(16-21-68(29-35)32-56)41-24-38(61)12-14-44(41)65-48)43-25-42-46(26-47(43)77-5)67(4)51-58(42)18-22-69-20-10-17-57(9-2,50(58)69)52(80-34(3)71)60(51,76)54(74)79-7/h10-15,17,19,23-26,33,35,50-52,65,76H,8-9,16,18,20-22,27-32H2,1-7H3,(H,64,72)(H,66,75)/t35-,50+,51-,52-,56+,57-,58-,59+,60+/m1/s1. The zero-order valence-corrected chi connectivity index (χ0v) is 46.2. The number of amides is 3. The molecular weight excluding hydrogens is 1030 g/mol. The van der Waals surface area contributed by atoms with Crippen molar-refractivity contribution in [3.63, 3.8) is 0 Å². The van der Waals surface area contributed by atoms with Crippen molar-refractivity contribution in [2.75, 3.05) is 71.3 Å². The monoisotopic (exact) mass is 1090 g/mol. The Labute approximate surface area is 463 Å². The number of carbonyl (C=O) groups excluding carboxylic acids is 5. The first-order valence-electron chi connectivity index (χ1n) is 27.7. The van der Waals surface area contributed by atoms with Crippen LogP contribution in [0.25, 0.3) is 10.9 Å². The Morgan fingerprint density at radius 3 is 2.44 bits per heavy atom. The second-order valence-electron chi connectivity index (χ2n) is 23.2. The summed E-state index contributed by atoms with van der Waals surface area (Å²) in [5.74, 6) is -2.87. The molecule has 20 heteroatoms. The van der Waals surface area contributed by atoms with Gasteiger partial charge in [-0.05, 0) is 116 Å². The van der Waals surface area contributed by atoms with Crippen LogP contribution in [-0.4, -0.2) is 155 Å². The molecule has 4 N–H and O–H groups in total. The molecule has 1 spiro atoms. The lowest BCUT2D eigenvalue weighted by Gasteiger charge is -2.63. The molecule has 80 heavy (non-hydrogen) atoms. The number of likely N-dealkylation sites (N-methyl/N-ethyl adjacent to an activating group) is 1. The maximum atomic E-state index is 15.9. The van der Waals surface area contributed by atoms with E-state index in [0.29, 0.717) is 117 Å². The van der Waals surface area contributed by atoms with Crippen LogP contribution in [0.15, 0.2) is 79.3 Å². The number of nitrogens with one attached hydrogen (secondary N) is 3. The number of piperidine rings is 1. The topological polar surface area (TPSA) is 221 Å². The van der Waals surface area contributed by atoms with Crippen molar-refractivity contribution in [1.29, 1.82) is 0 Å². The molecule has 1 aliphatic carbocycles. The van der Waals surface area contributed by atoms with Gasteiger partial charge in [0.1, 0.15) is 29.0 Å². The number of ether oxygens (including phenoxy) is 4. The van der Waals surface area contributed by atoms with E-state index >= 15 is 9.18 Å². The summed E-state index contributed by atoms with van der Waals surface area (Å²) < 4.78 is 39.9. The smallest absolute Gasteiger partial charge is 0.344 e. The molecule has 2 bridgehead atoms. The second-order valence-corrected chi connectivity index (χ2v) is 23.2. The molecule has 1 saturated carbocycles. The normalized spacial score (nSPS) is 30.8. The Morgan fingerprint density at radius 2 is 1.71 bits per heavy atom. The Kier molecular flexibility index (Phi) is 12.9. The number of hydrogen-bond acceptors (Lipinski definition) is 15. The highest BCUT2D eigenvalue weighted by Crippen LogP contribution is 2.68. The van der Waals surface area contributed by atoms with Crippen molar-refractivity contribution in [3.8, 4) is 5.75 Å². The third-order valence-electron chi connectivity index (χ3n) is 19.4. The minimum Gasteiger partial charge on any atom is -0.496 e. The second kappa shape index (κ2) is 19.4. The molecule has 8 heterocycles. The average molecular weight is 1090 g/mol. The predicted octanol–water partition coefficient (Wildman–Crippen LogP) is 5.91. The average Bonchev–Trinajstić information content (AvgIpc) is 4.34. The predicted molar refractivity (Wildman–Crippen MR) is 292 cm³/mol. The van der Waals surface area contributed by atoms with Gasteiger partial charge in [-0.2, -0.15) is 0 Å². The molecule has 420 valence electrons. The van der Waals surface area contributed by atoms with Gasteiger partial charge in [0.15, 0.2) is 6.10 Å². The zero-order valence-electron chi connectivity index (χ0n) is 46.2. The molecule has 3 aromatic carbocycles. The Morgan fingerprint density at radius 1 is 0.912 bits per heavy atom. The molecule has 6 aliphatic heterocycles. The lowest BCUT2D eigenvalue weighted by molar-refractivity contribution is -0.228. The maximum absolute atomic E-state index is 15.9.